The molecular formula is C42H76. The molecule has 0 radical (unpaired) electrons. The first-order valence-corrected chi connectivity index (χ1v) is 19.1. The predicted octanol–water partition coefficient (Wildman–Crippen LogP) is 14.5. The van der Waals surface area contributed by atoms with E-state index in [9.17, 15) is 0 Å². The minimum absolute atomic E-state index is 0.734. The van der Waals surface area contributed by atoms with Crippen molar-refractivity contribution in [2.45, 2.75) is 189 Å². The van der Waals surface area contributed by atoms with Gasteiger partial charge in [-0.2, -0.15) is 0 Å². The molecule has 0 bridgehead atoms. The summed E-state index contributed by atoms with van der Waals surface area (Å²) in [5.41, 5.74) is 4.52. The van der Waals surface area contributed by atoms with Crippen molar-refractivity contribution in [2.75, 3.05) is 0 Å². The van der Waals surface area contributed by atoms with Crippen LogP contribution in [0.25, 0.3) is 0 Å². The van der Waals surface area contributed by atoms with Gasteiger partial charge in [0.05, 0.1) is 0 Å². The van der Waals surface area contributed by atoms with Crippen LogP contribution in [0.15, 0.2) is 36.5 Å². The Hall–Kier alpha value is -0.780. The maximum absolute atomic E-state index is 4.64. The Kier molecular flexibility index (Phi) is 19.5. The highest BCUT2D eigenvalue weighted by molar-refractivity contribution is 5.02. The lowest BCUT2D eigenvalue weighted by Crippen LogP contribution is -2.12. The van der Waals surface area contributed by atoms with Crippen molar-refractivity contribution in [2.24, 2.45) is 41.4 Å². The number of hydrogen-bond acceptors (Lipinski definition) is 0. The van der Waals surface area contributed by atoms with Crippen LogP contribution in [-0.4, -0.2) is 0 Å². The van der Waals surface area contributed by atoms with Crippen LogP contribution in [0.5, 0.6) is 0 Å². The summed E-state index contributed by atoms with van der Waals surface area (Å²) >= 11 is 0. The zero-order chi connectivity index (χ0) is 30.7. The van der Waals surface area contributed by atoms with Crippen LogP contribution in [0.2, 0.25) is 0 Å². The number of allylic oxidation sites excluding steroid dienone is 3. The first-order valence-electron chi connectivity index (χ1n) is 19.1. The number of rotatable bonds is 23. The van der Waals surface area contributed by atoms with Gasteiger partial charge >= 0.3 is 0 Å². The fourth-order valence-corrected chi connectivity index (χ4v) is 8.93. The standard InChI is InChI=1S/C42H76/c1-9-10-17-33(2)26-36(5)29-39(8)32-42(24-22-34(3)27-37(6)30-40-18-13-11-14-19-40)25-23-35(4)28-38(7)31-41-20-15-12-16-21-41/h33,36-38,40-42H,3-4,8-32H2,1-2,5-7H3. The van der Waals surface area contributed by atoms with Gasteiger partial charge in [0.2, 0.25) is 0 Å². The van der Waals surface area contributed by atoms with Gasteiger partial charge in [-0.25, -0.2) is 0 Å². The molecule has 0 saturated heterocycles. The molecule has 0 N–H and O–H groups in total. The average Bonchev–Trinajstić information content (AvgIpc) is 2.94. The molecule has 0 amide bonds. The van der Waals surface area contributed by atoms with Gasteiger partial charge in [-0.3, -0.25) is 0 Å². The molecule has 4 unspecified atom stereocenters. The maximum atomic E-state index is 4.64. The molecule has 2 aliphatic carbocycles. The van der Waals surface area contributed by atoms with Crippen molar-refractivity contribution >= 4 is 0 Å². The third kappa shape index (κ3) is 17.5. The van der Waals surface area contributed by atoms with Crippen LogP contribution in [0, 0.1) is 41.4 Å². The fraction of sp³-hybridized carbons (Fsp3) is 0.857. The van der Waals surface area contributed by atoms with Crippen molar-refractivity contribution in [3.63, 3.8) is 0 Å². The largest absolute Gasteiger partial charge is 0.0999 e. The fourth-order valence-electron chi connectivity index (χ4n) is 8.93. The Bertz CT molecular complexity index is 685. The summed E-state index contributed by atoms with van der Waals surface area (Å²) in [6, 6.07) is 0. The topological polar surface area (TPSA) is 0 Å². The van der Waals surface area contributed by atoms with E-state index < -0.39 is 0 Å². The molecule has 2 saturated carbocycles. The van der Waals surface area contributed by atoms with Gasteiger partial charge in [0.15, 0.2) is 0 Å². The lowest BCUT2D eigenvalue weighted by atomic mass is 9.80. The Labute approximate surface area is 266 Å². The molecule has 0 aromatic carbocycles. The Morgan fingerprint density at radius 1 is 0.548 bits per heavy atom. The van der Waals surface area contributed by atoms with E-state index in [1.54, 1.807) is 0 Å². The Balaban J connectivity index is 1.83. The molecule has 4 atom stereocenters. The van der Waals surface area contributed by atoms with Gasteiger partial charge in [0.25, 0.3) is 0 Å². The SMILES string of the molecule is C=C(CCC(CCC(=C)CC(C)CC1CCCCC1)CC(=C)CC(C)CC(C)CCCC)CC(C)CC1CCCCC1. The highest BCUT2D eigenvalue weighted by Gasteiger charge is 2.20. The lowest BCUT2D eigenvalue weighted by Gasteiger charge is -2.26. The third-order valence-corrected chi connectivity index (χ3v) is 11.1. The highest BCUT2D eigenvalue weighted by Crippen LogP contribution is 2.35. The second kappa shape index (κ2) is 21.8. The van der Waals surface area contributed by atoms with Crippen LogP contribution in [0.3, 0.4) is 0 Å². The van der Waals surface area contributed by atoms with E-state index in [1.165, 1.54) is 171 Å². The van der Waals surface area contributed by atoms with Gasteiger partial charge in [-0.15, -0.1) is 0 Å². The van der Waals surface area contributed by atoms with Crippen LogP contribution in [-0.2, 0) is 0 Å². The zero-order valence-electron chi connectivity index (χ0n) is 29.6. The number of unbranched alkanes of at least 4 members (excludes halogenated alkanes) is 1. The summed E-state index contributed by atoms with van der Waals surface area (Å²) in [5, 5.41) is 0. The average molecular weight is 581 g/mol. The lowest BCUT2D eigenvalue weighted by molar-refractivity contribution is 0.293. The molecule has 2 aliphatic rings. The molecule has 2 rings (SSSR count). The first kappa shape index (κ1) is 37.4. The van der Waals surface area contributed by atoms with E-state index in [-0.39, 0.29) is 0 Å². The summed E-state index contributed by atoms with van der Waals surface area (Å²) in [5.74, 6) is 5.91. The van der Waals surface area contributed by atoms with Gasteiger partial charge < -0.3 is 0 Å². The van der Waals surface area contributed by atoms with E-state index >= 15 is 0 Å². The molecule has 42 heavy (non-hydrogen) atoms. The molecule has 0 aliphatic heterocycles. The summed E-state index contributed by atoms with van der Waals surface area (Å²) < 4.78 is 0. The Morgan fingerprint density at radius 3 is 1.45 bits per heavy atom. The summed E-state index contributed by atoms with van der Waals surface area (Å²) in [6.45, 7) is 26.0. The summed E-state index contributed by atoms with van der Waals surface area (Å²) in [4.78, 5) is 0. The molecular weight excluding hydrogens is 504 g/mol. The minimum Gasteiger partial charge on any atom is -0.0999 e. The van der Waals surface area contributed by atoms with Gasteiger partial charge in [0, 0.05) is 0 Å². The monoisotopic (exact) mass is 581 g/mol. The van der Waals surface area contributed by atoms with Gasteiger partial charge in [-0.1, -0.05) is 155 Å². The van der Waals surface area contributed by atoms with Crippen molar-refractivity contribution in [3.8, 4) is 0 Å². The predicted molar refractivity (Wildman–Crippen MR) is 191 cm³/mol. The van der Waals surface area contributed by atoms with Crippen molar-refractivity contribution < 1.29 is 0 Å². The molecule has 244 valence electrons. The van der Waals surface area contributed by atoms with E-state index in [1.807, 2.05) is 0 Å². The molecule has 0 heterocycles. The van der Waals surface area contributed by atoms with Gasteiger partial charge in [-0.05, 0) is 112 Å². The normalized spacial score (nSPS) is 20.5. The van der Waals surface area contributed by atoms with E-state index in [0.29, 0.717) is 0 Å². The second-order valence-corrected chi connectivity index (χ2v) is 16.3. The van der Waals surface area contributed by atoms with Crippen molar-refractivity contribution in [1.82, 2.24) is 0 Å². The maximum Gasteiger partial charge on any atom is -0.0294 e. The number of hydrogen-bond donors (Lipinski definition) is 0. The van der Waals surface area contributed by atoms with E-state index in [0.717, 1.165) is 41.4 Å². The Morgan fingerprint density at radius 2 is 1.00 bits per heavy atom. The highest BCUT2D eigenvalue weighted by atomic mass is 14.3. The van der Waals surface area contributed by atoms with Crippen LogP contribution >= 0.6 is 0 Å². The molecule has 2 fully saturated rings. The van der Waals surface area contributed by atoms with E-state index in [2.05, 4.69) is 54.4 Å². The smallest absolute Gasteiger partial charge is 0.0294 e. The summed E-state index contributed by atoms with van der Waals surface area (Å²) in [7, 11) is 0. The molecule has 0 heteroatoms. The van der Waals surface area contributed by atoms with E-state index in [4.69, 9.17) is 0 Å². The first-order chi connectivity index (χ1) is 20.1. The van der Waals surface area contributed by atoms with Crippen molar-refractivity contribution in [1.29, 1.82) is 0 Å². The van der Waals surface area contributed by atoms with Crippen LogP contribution in [0.1, 0.15) is 189 Å². The zero-order valence-corrected chi connectivity index (χ0v) is 29.6. The molecule has 0 spiro atoms. The van der Waals surface area contributed by atoms with Gasteiger partial charge in [0.1, 0.15) is 0 Å². The second-order valence-electron chi connectivity index (χ2n) is 16.3. The molecule has 0 aromatic rings. The molecule has 0 nitrogen and oxygen atoms in total. The van der Waals surface area contributed by atoms with Crippen LogP contribution in [0.4, 0.5) is 0 Å². The quantitative estimate of drug-likeness (QED) is 0.105. The third-order valence-electron chi connectivity index (χ3n) is 11.1. The van der Waals surface area contributed by atoms with Crippen LogP contribution < -0.4 is 0 Å². The van der Waals surface area contributed by atoms with Crippen molar-refractivity contribution in [3.05, 3.63) is 36.5 Å². The minimum atomic E-state index is 0.734. The summed E-state index contributed by atoms with van der Waals surface area (Å²) in [6.07, 6.45) is 32.9. The molecule has 0 aromatic heterocycles.